The quantitative estimate of drug-likeness (QED) is 0.533. The van der Waals surface area contributed by atoms with E-state index in [1.54, 1.807) is 0 Å². The molecule has 0 fully saturated rings. The standard InChI is InChI=1S/C10H22O2.C7H17N/c1-7-9(3,4)11-12-10(5,6)8-2;1-5(2)7(8)6(3)4/h7-8H2,1-6H3;5-7H,8H2,1-4H3. The molecule has 0 saturated heterocycles. The SMILES string of the molecule is CC(C)C(N)C(C)C.CCC(C)(C)OOC(C)(C)CC. The summed E-state index contributed by atoms with van der Waals surface area (Å²) in [6, 6.07) is 0.370. The van der Waals surface area contributed by atoms with Crippen LogP contribution in [0.25, 0.3) is 0 Å². The summed E-state index contributed by atoms with van der Waals surface area (Å²) in [6.07, 6.45) is 1.90. The summed E-state index contributed by atoms with van der Waals surface area (Å²) < 4.78 is 0. The van der Waals surface area contributed by atoms with Crippen molar-refractivity contribution in [1.82, 2.24) is 0 Å². The zero-order valence-corrected chi connectivity index (χ0v) is 15.5. The predicted molar refractivity (Wildman–Crippen MR) is 88.6 cm³/mol. The maximum absolute atomic E-state index is 5.76. The summed E-state index contributed by atoms with van der Waals surface area (Å²) in [7, 11) is 0. The van der Waals surface area contributed by atoms with Crippen molar-refractivity contribution in [2.75, 3.05) is 0 Å². The minimum atomic E-state index is -0.174. The van der Waals surface area contributed by atoms with Crippen LogP contribution in [-0.4, -0.2) is 17.2 Å². The van der Waals surface area contributed by atoms with Crippen molar-refractivity contribution in [2.24, 2.45) is 17.6 Å². The minimum Gasteiger partial charge on any atom is -0.327 e. The molecule has 0 amide bonds. The molecular formula is C17H39NO2. The Hall–Kier alpha value is -0.120. The summed E-state index contributed by atoms with van der Waals surface area (Å²) in [4.78, 5) is 10.7. The highest BCUT2D eigenvalue weighted by atomic mass is 17.2. The molecule has 124 valence electrons. The molecule has 0 atom stereocenters. The van der Waals surface area contributed by atoms with Crippen LogP contribution < -0.4 is 5.73 Å². The first-order chi connectivity index (χ1) is 8.88. The van der Waals surface area contributed by atoms with Gasteiger partial charge in [-0.1, -0.05) is 41.5 Å². The molecule has 0 heterocycles. The first-order valence-electron chi connectivity index (χ1n) is 8.01. The molecule has 0 aromatic carbocycles. The zero-order chi connectivity index (χ0) is 16.6. The van der Waals surface area contributed by atoms with Gasteiger partial charge in [-0.2, -0.15) is 0 Å². The number of nitrogens with two attached hydrogens (primary N) is 1. The van der Waals surface area contributed by atoms with Gasteiger partial charge < -0.3 is 5.73 Å². The van der Waals surface area contributed by atoms with E-state index in [-0.39, 0.29) is 11.2 Å². The van der Waals surface area contributed by atoms with Crippen LogP contribution in [0.1, 0.15) is 82.1 Å². The summed E-state index contributed by atoms with van der Waals surface area (Å²) >= 11 is 0. The molecule has 20 heavy (non-hydrogen) atoms. The fraction of sp³-hybridized carbons (Fsp3) is 1.00. The number of hydrogen-bond donors (Lipinski definition) is 1. The van der Waals surface area contributed by atoms with Gasteiger partial charge in [0.2, 0.25) is 0 Å². The Morgan fingerprint density at radius 3 is 1.10 bits per heavy atom. The summed E-state index contributed by atoms with van der Waals surface area (Å²) in [6.45, 7) is 20.9. The third-order valence-electron chi connectivity index (χ3n) is 3.74. The Balaban J connectivity index is 0. The van der Waals surface area contributed by atoms with Gasteiger partial charge in [-0.15, -0.1) is 0 Å². The van der Waals surface area contributed by atoms with Crippen LogP contribution in [0.2, 0.25) is 0 Å². The molecule has 0 bridgehead atoms. The summed E-state index contributed by atoms with van der Waals surface area (Å²) in [5.74, 6) is 1.24. The van der Waals surface area contributed by atoms with Gasteiger partial charge in [0.05, 0.1) is 11.2 Å². The van der Waals surface area contributed by atoms with Crippen LogP contribution in [0.5, 0.6) is 0 Å². The van der Waals surface area contributed by atoms with Crippen LogP contribution in [0.15, 0.2) is 0 Å². The highest BCUT2D eigenvalue weighted by Gasteiger charge is 2.23. The van der Waals surface area contributed by atoms with Gasteiger partial charge in [-0.3, -0.25) is 0 Å². The smallest absolute Gasteiger partial charge is 0.0977 e. The molecule has 0 aliphatic rings. The van der Waals surface area contributed by atoms with Crippen molar-refractivity contribution in [3.05, 3.63) is 0 Å². The highest BCUT2D eigenvalue weighted by Crippen LogP contribution is 2.21. The summed E-state index contributed by atoms with van der Waals surface area (Å²) in [5, 5.41) is 0. The molecule has 3 heteroatoms. The average Bonchev–Trinajstić information content (AvgIpc) is 2.36. The van der Waals surface area contributed by atoms with Crippen molar-refractivity contribution in [2.45, 2.75) is 99.3 Å². The maximum Gasteiger partial charge on any atom is 0.0977 e. The second kappa shape index (κ2) is 9.75. The van der Waals surface area contributed by atoms with Gasteiger partial charge in [0, 0.05) is 6.04 Å². The third kappa shape index (κ3) is 11.7. The van der Waals surface area contributed by atoms with Gasteiger partial charge in [0.1, 0.15) is 0 Å². The van der Waals surface area contributed by atoms with Crippen LogP contribution >= 0.6 is 0 Å². The molecule has 0 unspecified atom stereocenters. The topological polar surface area (TPSA) is 44.5 Å². The Morgan fingerprint density at radius 1 is 0.750 bits per heavy atom. The van der Waals surface area contributed by atoms with E-state index in [0.717, 1.165) is 12.8 Å². The molecule has 0 aromatic rings. The van der Waals surface area contributed by atoms with Gasteiger partial charge in [-0.05, 0) is 52.4 Å². The zero-order valence-electron chi connectivity index (χ0n) is 15.5. The average molecular weight is 290 g/mol. The lowest BCUT2D eigenvalue weighted by Crippen LogP contribution is -2.31. The third-order valence-corrected chi connectivity index (χ3v) is 3.74. The van der Waals surface area contributed by atoms with E-state index in [4.69, 9.17) is 15.5 Å². The molecule has 0 aliphatic heterocycles. The van der Waals surface area contributed by atoms with E-state index < -0.39 is 0 Å². The lowest BCUT2D eigenvalue weighted by molar-refractivity contribution is -0.401. The van der Waals surface area contributed by atoms with E-state index >= 15 is 0 Å². The largest absolute Gasteiger partial charge is 0.327 e. The Labute approximate surface area is 127 Å². The van der Waals surface area contributed by atoms with E-state index in [1.807, 2.05) is 27.7 Å². The molecule has 0 aromatic heterocycles. The van der Waals surface area contributed by atoms with Crippen molar-refractivity contribution >= 4 is 0 Å². The van der Waals surface area contributed by atoms with Crippen molar-refractivity contribution in [3.8, 4) is 0 Å². The number of hydrogen-bond acceptors (Lipinski definition) is 3. The Bertz CT molecular complexity index is 211. The van der Waals surface area contributed by atoms with Gasteiger partial charge in [0.15, 0.2) is 0 Å². The minimum absolute atomic E-state index is 0.174. The predicted octanol–water partition coefficient (Wildman–Crippen LogP) is 4.94. The molecule has 0 radical (unpaired) electrons. The lowest BCUT2D eigenvalue weighted by Gasteiger charge is -2.29. The molecule has 2 N–H and O–H groups in total. The number of rotatable bonds is 7. The van der Waals surface area contributed by atoms with E-state index in [2.05, 4.69) is 41.5 Å². The first kappa shape index (κ1) is 22.2. The molecule has 3 nitrogen and oxygen atoms in total. The molecule has 0 spiro atoms. The fourth-order valence-corrected chi connectivity index (χ4v) is 1.11. The van der Waals surface area contributed by atoms with Gasteiger partial charge >= 0.3 is 0 Å². The first-order valence-corrected chi connectivity index (χ1v) is 8.01. The molecular weight excluding hydrogens is 250 g/mol. The Morgan fingerprint density at radius 2 is 1.00 bits per heavy atom. The van der Waals surface area contributed by atoms with Crippen molar-refractivity contribution < 1.29 is 9.78 Å². The van der Waals surface area contributed by atoms with Crippen LogP contribution in [0, 0.1) is 11.8 Å². The van der Waals surface area contributed by atoms with Crippen LogP contribution in [0.3, 0.4) is 0 Å². The fourth-order valence-electron chi connectivity index (χ4n) is 1.11. The lowest BCUT2D eigenvalue weighted by atomic mass is 9.95. The highest BCUT2D eigenvalue weighted by molar-refractivity contribution is 4.68. The van der Waals surface area contributed by atoms with E-state index in [0.29, 0.717) is 17.9 Å². The van der Waals surface area contributed by atoms with Crippen molar-refractivity contribution in [3.63, 3.8) is 0 Å². The molecule has 0 rings (SSSR count). The van der Waals surface area contributed by atoms with Gasteiger partial charge in [0.25, 0.3) is 0 Å². The maximum atomic E-state index is 5.76. The van der Waals surface area contributed by atoms with E-state index in [9.17, 15) is 0 Å². The molecule has 0 aliphatic carbocycles. The van der Waals surface area contributed by atoms with Gasteiger partial charge in [-0.25, -0.2) is 9.78 Å². The second-order valence-corrected chi connectivity index (χ2v) is 7.46. The van der Waals surface area contributed by atoms with E-state index in [1.165, 1.54) is 0 Å². The Kier molecular flexibility index (Phi) is 10.8. The summed E-state index contributed by atoms with van der Waals surface area (Å²) in [5.41, 5.74) is 5.41. The molecule has 0 saturated carbocycles. The normalized spacial score (nSPS) is 12.9. The monoisotopic (exact) mass is 289 g/mol. The second-order valence-electron chi connectivity index (χ2n) is 7.46. The van der Waals surface area contributed by atoms with Crippen LogP contribution in [-0.2, 0) is 9.78 Å². The van der Waals surface area contributed by atoms with Crippen LogP contribution in [0.4, 0.5) is 0 Å². The van der Waals surface area contributed by atoms with Crippen molar-refractivity contribution in [1.29, 1.82) is 0 Å².